The summed E-state index contributed by atoms with van der Waals surface area (Å²) in [5.74, 6) is 0. The van der Waals surface area contributed by atoms with Gasteiger partial charge in [-0.15, -0.1) is 22.7 Å². The summed E-state index contributed by atoms with van der Waals surface area (Å²) in [6.07, 6.45) is 0. The Morgan fingerprint density at radius 3 is 1.64 bits per heavy atom. The van der Waals surface area contributed by atoms with E-state index in [1.807, 2.05) is 22.7 Å². The number of para-hydroxylation sites is 4. The van der Waals surface area contributed by atoms with Crippen molar-refractivity contribution in [2.75, 3.05) is 4.90 Å². The normalized spacial score (nSPS) is 11.8. The number of aromatic nitrogens is 1. The number of hydrogen-bond donors (Lipinski definition) is 0. The van der Waals surface area contributed by atoms with Gasteiger partial charge in [-0.2, -0.15) is 0 Å². The van der Waals surface area contributed by atoms with Crippen LogP contribution in [0.5, 0.6) is 0 Å². The van der Waals surface area contributed by atoms with Crippen molar-refractivity contribution in [1.29, 1.82) is 0 Å². The molecule has 0 saturated carbocycles. The molecular weight excluding hydrogens is 813 g/mol. The van der Waals surface area contributed by atoms with E-state index in [1.54, 1.807) is 0 Å². The van der Waals surface area contributed by atoms with Gasteiger partial charge in [-0.1, -0.05) is 176 Å². The van der Waals surface area contributed by atoms with E-state index in [2.05, 4.69) is 240 Å². The van der Waals surface area contributed by atoms with Crippen LogP contribution in [0, 0.1) is 0 Å². The maximum atomic E-state index is 2.56. The molecule has 0 unspecified atom stereocenters. The molecular formula is C60H38N2S2. The van der Waals surface area contributed by atoms with E-state index < -0.39 is 0 Å². The predicted molar refractivity (Wildman–Crippen MR) is 278 cm³/mol. The largest absolute Gasteiger partial charge is 0.307 e. The number of anilines is 3. The lowest BCUT2D eigenvalue weighted by Gasteiger charge is -2.31. The van der Waals surface area contributed by atoms with Crippen molar-refractivity contribution in [2.45, 2.75) is 0 Å². The highest BCUT2D eigenvalue weighted by molar-refractivity contribution is 7.27. The van der Waals surface area contributed by atoms with Crippen molar-refractivity contribution in [3.05, 3.63) is 231 Å². The first kappa shape index (κ1) is 36.9. The number of hydrogen-bond acceptors (Lipinski definition) is 3. The molecule has 2 nitrogen and oxygen atoms in total. The second kappa shape index (κ2) is 15.0. The molecule has 13 rings (SSSR count). The monoisotopic (exact) mass is 850 g/mol. The van der Waals surface area contributed by atoms with Crippen LogP contribution in [0.25, 0.3) is 101 Å². The highest BCUT2D eigenvalue weighted by Gasteiger charge is 2.27. The average Bonchev–Trinajstić information content (AvgIpc) is 4.05. The summed E-state index contributed by atoms with van der Waals surface area (Å²) >= 11 is 3.76. The van der Waals surface area contributed by atoms with Gasteiger partial charge in [0.1, 0.15) is 0 Å². The van der Waals surface area contributed by atoms with E-state index >= 15 is 0 Å². The van der Waals surface area contributed by atoms with Crippen LogP contribution in [-0.2, 0) is 0 Å². The Morgan fingerprint density at radius 2 is 0.859 bits per heavy atom. The van der Waals surface area contributed by atoms with Crippen LogP contribution < -0.4 is 4.90 Å². The van der Waals surface area contributed by atoms with Gasteiger partial charge >= 0.3 is 0 Å². The Hall–Kier alpha value is -7.76. The van der Waals surface area contributed by atoms with Crippen LogP contribution in [0.15, 0.2) is 231 Å². The highest BCUT2D eigenvalue weighted by atomic mass is 32.1. The van der Waals surface area contributed by atoms with Crippen molar-refractivity contribution in [2.24, 2.45) is 0 Å². The Morgan fingerprint density at radius 1 is 0.312 bits per heavy atom. The maximum Gasteiger partial charge on any atom is 0.0703 e. The second-order valence-electron chi connectivity index (χ2n) is 16.4. The SMILES string of the molecule is c1ccc(-c2c(-c3ccc4sc5ccccc5c4c3)cccc2N(c2ccccc2-n2c3ccccc3c3ccccc32)c2cccc3c2sc2c(-c4ccccc4)cccc23)cc1. The van der Waals surface area contributed by atoms with Crippen molar-refractivity contribution in [1.82, 2.24) is 4.57 Å². The second-order valence-corrected chi connectivity index (χ2v) is 18.5. The number of benzene rings is 10. The third-order valence-corrected chi connectivity index (χ3v) is 15.2. The molecule has 0 radical (unpaired) electrons. The van der Waals surface area contributed by atoms with E-state index in [4.69, 9.17) is 0 Å². The summed E-state index contributed by atoms with van der Waals surface area (Å²) in [7, 11) is 0. The van der Waals surface area contributed by atoms with Crippen LogP contribution in [0.4, 0.5) is 17.1 Å². The van der Waals surface area contributed by atoms with Crippen molar-refractivity contribution >= 4 is 102 Å². The third-order valence-electron chi connectivity index (χ3n) is 12.8. The highest BCUT2D eigenvalue weighted by Crippen LogP contribution is 2.52. The van der Waals surface area contributed by atoms with Gasteiger partial charge in [0.25, 0.3) is 0 Å². The standard InChI is InChI=1S/C60H38N2S2/c1-3-18-39(19-4-1)43-26-15-27-47-48-28-17-34-55(60(48)64-59(43)47)62(53-32-13-12-31-52(53)61-50-29-10-7-22-44(50)45-23-8-11-30-51(45)61)54-33-16-25-42(58(54)40-20-5-2-6-21-40)41-36-37-57-49(38-41)46-24-9-14-35-56(46)63-57/h1-38H. The Kier molecular flexibility index (Phi) is 8.61. The van der Waals surface area contributed by atoms with Crippen LogP contribution in [0.1, 0.15) is 0 Å². The molecule has 64 heavy (non-hydrogen) atoms. The van der Waals surface area contributed by atoms with Gasteiger partial charge in [0.05, 0.1) is 38.5 Å². The predicted octanol–water partition coefficient (Wildman–Crippen LogP) is 18.0. The Labute approximate surface area is 378 Å². The van der Waals surface area contributed by atoms with Crippen molar-refractivity contribution < 1.29 is 0 Å². The summed E-state index contributed by atoms with van der Waals surface area (Å²) in [4.78, 5) is 2.56. The molecule has 0 saturated heterocycles. The summed E-state index contributed by atoms with van der Waals surface area (Å²) in [5, 5.41) is 7.59. The molecule has 3 aromatic heterocycles. The van der Waals surface area contributed by atoms with Crippen LogP contribution in [-0.4, -0.2) is 4.57 Å². The number of nitrogens with zero attached hydrogens (tertiary/aromatic N) is 2. The van der Waals surface area contributed by atoms with Crippen molar-refractivity contribution in [3.8, 4) is 39.1 Å². The van der Waals surface area contributed by atoms with Crippen LogP contribution in [0.3, 0.4) is 0 Å². The molecule has 0 spiro atoms. The molecule has 0 N–H and O–H groups in total. The first-order valence-corrected chi connectivity index (χ1v) is 23.4. The molecule has 13 aromatic rings. The fourth-order valence-corrected chi connectivity index (χ4v) is 12.4. The van der Waals surface area contributed by atoms with E-state index in [0.29, 0.717) is 0 Å². The number of thiophene rings is 2. The molecule has 0 amide bonds. The lowest BCUT2D eigenvalue weighted by molar-refractivity contribution is 1.15. The zero-order chi connectivity index (χ0) is 42.1. The third kappa shape index (κ3) is 5.77. The average molecular weight is 851 g/mol. The number of rotatable bonds is 7. The molecule has 0 aliphatic heterocycles. The summed E-state index contributed by atoms with van der Waals surface area (Å²) in [6.45, 7) is 0. The minimum atomic E-state index is 1.09. The minimum absolute atomic E-state index is 1.09. The molecule has 0 aliphatic rings. The summed E-state index contributed by atoms with van der Waals surface area (Å²) < 4.78 is 7.61. The molecule has 0 aliphatic carbocycles. The van der Waals surface area contributed by atoms with Crippen LogP contribution in [0.2, 0.25) is 0 Å². The molecule has 10 aromatic carbocycles. The van der Waals surface area contributed by atoms with Gasteiger partial charge in [0.15, 0.2) is 0 Å². The molecule has 3 heterocycles. The van der Waals surface area contributed by atoms with Gasteiger partial charge in [-0.25, -0.2) is 0 Å². The lowest BCUT2D eigenvalue weighted by atomic mass is 9.91. The van der Waals surface area contributed by atoms with Gasteiger partial charge in [-0.05, 0) is 82.4 Å². The van der Waals surface area contributed by atoms with Gasteiger partial charge < -0.3 is 9.47 Å². The van der Waals surface area contributed by atoms with Gasteiger partial charge in [-0.3, -0.25) is 0 Å². The summed E-state index contributed by atoms with van der Waals surface area (Å²) in [5.41, 5.74) is 14.0. The molecule has 0 bridgehead atoms. The Bertz CT molecular complexity index is 3860. The lowest BCUT2D eigenvalue weighted by Crippen LogP contribution is -2.14. The molecule has 4 heteroatoms. The fourth-order valence-electron chi connectivity index (χ4n) is 10.0. The fraction of sp³-hybridized carbons (Fsp3) is 0. The molecule has 0 fully saturated rings. The van der Waals surface area contributed by atoms with E-state index in [-0.39, 0.29) is 0 Å². The smallest absolute Gasteiger partial charge is 0.0703 e. The van der Waals surface area contributed by atoms with E-state index in [9.17, 15) is 0 Å². The maximum absolute atomic E-state index is 2.56. The topological polar surface area (TPSA) is 8.17 Å². The Balaban J connectivity index is 1.14. The quantitative estimate of drug-likeness (QED) is 0.155. The molecule has 0 atom stereocenters. The first-order valence-electron chi connectivity index (χ1n) is 21.8. The molecule has 300 valence electrons. The zero-order valence-corrected chi connectivity index (χ0v) is 36.3. The summed E-state index contributed by atoms with van der Waals surface area (Å²) in [6, 6.07) is 84.8. The van der Waals surface area contributed by atoms with Crippen LogP contribution >= 0.6 is 22.7 Å². The first-order chi connectivity index (χ1) is 31.8. The van der Waals surface area contributed by atoms with Crippen molar-refractivity contribution in [3.63, 3.8) is 0 Å². The van der Waals surface area contributed by atoms with Gasteiger partial charge in [0, 0.05) is 52.0 Å². The van der Waals surface area contributed by atoms with E-state index in [0.717, 1.165) is 28.3 Å². The number of fused-ring (bicyclic) bond motifs is 9. The zero-order valence-electron chi connectivity index (χ0n) is 34.7. The van der Waals surface area contributed by atoms with E-state index in [1.165, 1.54) is 90.0 Å². The van der Waals surface area contributed by atoms with Gasteiger partial charge in [0.2, 0.25) is 0 Å². The minimum Gasteiger partial charge on any atom is -0.307 e.